The van der Waals surface area contributed by atoms with Crippen LogP contribution < -0.4 is 0 Å². The molecule has 0 aromatic rings. The molecule has 0 aliphatic heterocycles. The van der Waals surface area contributed by atoms with E-state index in [0.29, 0.717) is 0 Å². The fourth-order valence-electron chi connectivity index (χ4n) is 0.686. The highest BCUT2D eigenvalue weighted by Crippen LogP contribution is 2.03. The normalized spacial score (nSPS) is 13.7. The van der Waals surface area contributed by atoms with Crippen LogP contribution in [0.15, 0.2) is 0 Å². The second-order valence-electron chi connectivity index (χ2n) is 2.34. The van der Waals surface area contributed by atoms with Gasteiger partial charge in [-0.25, -0.2) is 0 Å². The molecule has 9 heavy (non-hydrogen) atoms. The molecule has 0 saturated carbocycles. The lowest BCUT2D eigenvalue weighted by molar-refractivity contribution is 0.181. The number of unbranched alkanes of at least 4 members (excludes halogenated alkanes) is 1. The maximum atomic E-state index is 8.84. The molecule has 0 aromatic carbocycles. The molecule has 0 spiro atoms. The van der Waals surface area contributed by atoms with E-state index in [-0.39, 0.29) is 6.10 Å². The van der Waals surface area contributed by atoms with Crippen molar-refractivity contribution in [2.45, 2.75) is 32.3 Å². The van der Waals surface area contributed by atoms with Gasteiger partial charge in [-0.15, -0.1) is 0 Å². The van der Waals surface area contributed by atoms with Crippen LogP contribution in [0.25, 0.3) is 0 Å². The van der Waals surface area contributed by atoms with Gasteiger partial charge in [-0.05, 0) is 31.8 Å². The highest BCUT2D eigenvalue weighted by atomic mass is 32.2. The quantitative estimate of drug-likeness (QED) is 0.601. The monoisotopic (exact) mass is 148 g/mol. The summed E-state index contributed by atoms with van der Waals surface area (Å²) in [5.41, 5.74) is 0. The molecule has 56 valence electrons. The van der Waals surface area contributed by atoms with Gasteiger partial charge in [-0.3, -0.25) is 0 Å². The Morgan fingerprint density at radius 2 is 2.11 bits per heavy atom. The summed E-state index contributed by atoms with van der Waals surface area (Å²) >= 11 is 1.87. The molecular formula is C7H16OS. The molecular weight excluding hydrogens is 132 g/mol. The van der Waals surface area contributed by atoms with Gasteiger partial charge in [0.1, 0.15) is 0 Å². The first-order chi connectivity index (χ1) is 4.27. The van der Waals surface area contributed by atoms with E-state index < -0.39 is 0 Å². The lowest BCUT2D eigenvalue weighted by Gasteiger charge is -2.01. The van der Waals surface area contributed by atoms with Crippen LogP contribution in [0.4, 0.5) is 0 Å². The van der Waals surface area contributed by atoms with Gasteiger partial charge in [0.25, 0.3) is 0 Å². The van der Waals surface area contributed by atoms with Crippen molar-refractivity contribution in [3.8, 4) is 0 Å². The first-order valence-electron chi connectivity index (χ1n) is 3.44. The zero-order valence-electron chi connectivity index (χ0n) is 6.26. The molecule has 1 N–H and O–H groups in total. The van der Waals surface area contributed by atoms with Crippen molar-refractivity contribution in [3.63, 3.8) is 0 Å². The smallest absolute Gasteiger partial charge is 0.0512 e. The fraction of sp³-hybridized carbons (Fsp3) is 1.00. The van der Waals surface area contributed by atoms with Crippen molar-refractivity contribution in [1.82, 2.24) is 0 Å². The van der Waals surface area contributed by atoms with Gasteiger partial charge in [0.05, 0.1) is 6.10 Å². The summed E-state index contributed by atoms with van der Waals surface area (Å²) in [6.45, 7) is 1.85. The van der Waals surface area contributed by atoms with Gasteiger partial charge in [-0.2, -0.15) is 11.8 Å². The average molecular weight is 148 g/mol. The SMILES string of the molecule is CSCCCCC(C)O. The van der Waals surface area contributed by atoms with E-state index in [1.807, 2.05) is 18.7 Å². The van der Waals surface area contributed by atoms with Crippen LogP contribution in [0, 0.1) is 0 Å². The number of aliphatic hydroxyl groups is 1. The summed E-state index contributed by atoms with van der Waals surface area (Å²) in [5, 5.41) is 8.84. The molecule has 0 radical (unpaired) electrons. The van der Waals surface area contributed by atoms with Crippen LogP contribution in [0.1, 0.15) is 26.2 Å². The fourth-order valence-corrected chi connectivity index (χ4v) is 1.18. The van der Waals surface area contributed by atoms with Crippen molar-refractivity contribution in [3.05, 3.63) is 0 Å². The molecule has 1 atom stereocenters. The van der Waals surface area contributed by atoms with Crippen molar-refractivity contribution in [2.24, 2.45) is 0 Å². The van der Waals surface area contributed by atoms with E-state index in [9.17, 15) is 0 Å². The van der Waals surface area contributed by atoms with Gasteiger partial charge < -0.3 is 5.11 Å². The minimum absolute atomic E-state index is 0.105. The maximum absolute atomic E-state index is 8.84. The minimum Gasteiger partial charge on any atom is -0.393 e. The van der Waals surface area contributed by atoms with Crippen molar-refractivity contribution in [1.29, 1.82) is 0 Å². The van der Waals surface area contributed by atoms with E-state index in [0.717, 1.165) is 6.42 Å². The first kappa shape index (κ1) is 9.31. The van der Waals surface area contributed by atoms with E-state index in [4.69, 9.17) is 5.11 Å². The zero-order valence-corrected chi connectivity index (χ0v) is 7.08. The van der Waals surface area contributed by atoms with Crippen molar-refractivity contribution in [2.75, 3.05) is 12.0 Å². The Kier molecular flexibility index (Phi) is 6.65. The summed E-state index contributed by atoms with van der Waals surface area (Å²) in [4.78, 5) is 0. The topological polar surface area (TPSA) is 20.2 Å². The van der Waals surface area contributed by atoms with Crippen molar-refractivity contribution < 1.29 is 5.11 Å². The number of hydrogen-bond acceptors (Lipinski definition) is 2. The zero-order chi connectivity index (χ0) is 7.11. The predicted octanol–water partition coefficient (Wildman–Crippen LogP) is 1.90. The largest absolute Gasteiger partial charge is 0.393 e. The standard InChI is InChI=1S/C7H16OS/c1-7(8)5-3-4-6-9-2/h7-8H,3-6H2,1-2H3. The second kappa shape index (κ2) is 6.43. The summed E-state index contributed by atoms with van der Waals surface area (Å²) in [5.74, 6) is 1.23. The molecule has 0 aromatic heterocycles. The lowest BCUT2D eigenvalue weighted by atomic mass is 10.2. The minimum atomic E-state index is -0.105. The summed E-state index contributed by atoms with van der Waals surface area (Å²) in [7, 11) is 0. The molecule has 1 unspecified atom stereocenters. The molecule has 0 rings (SSSR count). The third-order valence-corrected chi connectivity index (χ3v) is 1.92. The highest BCUT2D eigenvalue weighted by Gasteiger charge is 1.93. The van der Waals surface area contributed by atoms with Gasteiger partial charge in [0.15, 0.2) is 0 Å². The Labute approximate surface area is 61.8 Å². The van der Waals surface area contributed by atoms with Crippen LogP contribution in [0.2, 0.25) is 0 Å². The lowest BCUT2D eigenvalue weighted by Crippen LogP contribution is -1.98. The summed E-state index contributed by atoms with van der Waals surface area (Å²) in [6.07, 6.45) is 5.37. The van der Waals surface area contributed by atoms with E-state index >= 15 is 0 Å². The van der Waals surface area contributed by atoms with Gasteiger partial charge in [0, 0.05) is 0 Å². The van der Waals surface area contributed by atoms with Crippen LogP contribution in [0.5, 0.6) is 0 Å². The van der Waals surface area contributed by atoms with Crippen LogP contribution >= 0.6 is 11.8 Å². The third-order valence-electron chi connectivity index (χ3n) is 1.22. The van der Waals surface area contributed by atoms with E-state index in [1.165, 1.54) is 18.6 Å². The average Bonchev–Trinajstić information content (AvgIpc) is 1.80. The van der Waals surface area contributed by atoms with E-state index in [2.05, 4.69) is 6.26 Å². The van der Waals surface area contributed by atoms with Crippen LogP contribution in [0.3, 0.4) is 0 Å². The number of rotatable bonds is 5. The molecule has 0 heterocycles. The molecule has 0 amide bonds. The van der Waals surface area contributed by atoms with Crippen LogP contribution in [-0.2, 0) is 0 Å². The number of hydrogen-bond donors (Lipinski definition) is 1. The third kappa shape index (κ3) is 8.31. The predicted molar refractivity (Wildman–Crippen MR) is 43.9 cm³/mol. The Bertz CT molecular complexity index is 54.9. The van der Waals surface area contributed by atoms with Gasteiger partial charge >= 0.3 is 0 Å². The molecule has 0 bridgehead atoms. The number of aliphatic hydroxyl groups excluding tert-OH is 1. The molecule has 0 aliphatic rings. The van der Waals surface area contributed by atoms with Gasteiger partial charge in [-0.1, -0.05) is 6.42 Å². The van der Waals surface area contributed by atoms with Crippen molar-refractivity contribution >= 4 is 11.8 Å². The second-order valence-corrected chi connectivity index (χ2v) is 3.32. The Hall–Kier alpha value is 0.310. The molecule has 0 aliphatic carbocycles. The molecule has 0 fully saturated rings. The molecule has 1 nitrogen and oxygen atoms in total. The van der Waals surface area contributed by atoms with Crippen LogP contribution in [-0.4, -0.2) is 23.2 Å². The Morgan fingerprint density at radius 3 is 2.56 bits per heavy atom. The van der Waals surface area contributed by atoms with E-state index in [1.54, 1.807) is 0 Å². The summed E-state index contributed by atoms with van der Waals surface area (Å²) < 4.78 is 0. The molecule has 0 saturated heterocycles. The number of thioether (sulfide) groups is 1. The molecule has 2 heteroatoms. The Balaban J connectivity index is 2.75. The summed E-state index contributed by atoms with van der Waals surface area (Å²) in [6, 6.07) is 0. The van der Waals surface area contributed by atoms with Gasteiger partial charge in [0.2, 0.25) is 0 Å². The maximum Gasteiger partial charge on any atom is 0.0512 e. The highest BCUT2D eigenvalue weighted by molar-refractivity contribution is 7.98. The first-order valence-corrected chi connectivity index (χ1v) is 4.83. The Morgan fingerprint density at radius 1 is 1.44 bits per heavy atom.